The third-order valence-electron chi connectivity index (χ3n) is 4.26. The zero-order valence-electron chi connectivity index (χ0n) is 12.5. The summed E-state index contributed by atoms with van der Waals surface area (Å²) in [5, 5.41) is 8.19. The molecule has 21 heavy (non-hydrogen) atoms. The largest absolute Gasteiger partial charge is 0.311 e. The lowest BCUT2D eigenvalue weighted by Crippen LogP contribution is -2.18. The van der Waals surface area contributed by atoms with Gasteiger partial charge in [0, 0.05) is 25.1 Å². The maximum Gasteiger partial charge on any atom is 0.0762 e. The van der Waals surface area contributed by atoms with Crippen LogP contribution in [0.2, 0.25) is 0 Å². The second-order valence-corrected chi connectivity index (χ2v) is 5.86. The number of aromatic nitrogens is 3. The summed E-state index contributed by atoms with van der Waals surface area (Å²) in [6, 6.07) is 6.91. The fourth-order valence-electron chi connectivity index (χ4n) is 3.02. The van der Waals surface area contributed by atoms with Crippen LogP contribution in [-0.4, -0.2) is 21.3 Å². The Kier molecular flexibility index (Phi) is 5.00. The minimum atomic E-state index is 0.629. The Morgan fingerprint density at radius 2 is 1.90 bits per heavy atom. The Morgan fingerprint density at radius 1 is 1.10 bits per heavy atom. The molecule has 0 saturated heterocycles. The first-order valence-corrected chi connectivity index (χ1v) is 8.05. The minimum Gasteiger partial charge on any atom is -0.311 e. The highest BCUT2D eigenvalue weighted by molar-refractivity contribution is 5.10. The number of rotatable bonds is 6. The van der Waals surface area contributed by atoms with Crippen LogP contribution in [-0.2, 0) is 13.0 Å². The first-order valence-electron chi connectivity index (χ1n) is 8.05. The van der Waals surface area contributed by atoms with Crippen molar-refractivity contribution in [3.63, 3.8) is 0 Å². The molecule has 3 rings (SSSR count). The highest BCUT2D eigenvalue weighted by atomic mass is 15.3. The van der Waals surface area contributed by atoms with Gasteiger partial charge in [-0.05, 0) is 49.6 Å². The Balaban J connectivity index is 1.42. The highest BCUT2D eigenvalue weighted by Crippen LogP contribution is 2.27. The number of nitrogens with zero attached hydrogens (tertiary/aromatic N) is 3. The average molecular weight is 284 g/mol. The maximum atomic E-state index is 4.72. The Bertz CT molecular complexity index is 529. The van der Waals surface area contributed by atoms with Crippen LogP contribution in [0.5, 0.6) is 0 Å². The zero-order valence-corrected chi connectivity index (χ0v) is 12.5. The molecule has 1 aliphatic carbocycles. The summed E-state index contributed by atoms with van der Waals surface area (Å²) in [5.74, 6) is 0. The molecule has 0 atom stereocenters. The molecule has 4 heteroatoms. The zero-order chi connectivity index (χ0) is 14.3. The summed E-state index contributed by atoms with van der Waals surface area (Å²) in [4.78, 5) is 4.04. The van der Waals surface area contributed by atoms with E-state index >= 15 is 0 Å². The van der Waals surface area contributed by atoms with E-state index < -0.39 is 0 Å². The summed E-state index contributed by atoms with van der Waals surface area (Å²) in [6.45, 7) is 1.82. The van der Waals surface area contributed by atoms with Crippen molar-refractivity contribution in [1.82, 2.24) is 20.1 Å². The van der Waals surface area contributed by atoms with Crippen molar-refractivity contribution in [3.8, 4) is 0 Å². The van der Waals surface area contributed by atoms with Gasteiger partial charge in [0.05, 0.1) is 11.7 Å². The summed E-state index contributed by atoms with van der Waals surface area (Å²) in [6.07, 6.45) is 13.5. The number of hydrogen-bond acceptors (Lipinski definition) is 3. The maximum absolute atomic E-state index is 4.72. The molecule has 2 heterocycles. The van der Waals surface area contributed by atoms with Crippen LogP contribution in [0.4, 0.5) is 0 Å². The fourth-order valence-corrected chi connectivity index (χ4v) is 3.02. The highest BCUT2D eigenvalue weighted by Gasteiger charge is 2.15. The summed E-state index contributed by atoms with van der Waals surface area (Å²) in [7, 11) is 0. The molecule has 0 aromatic carbocycles. The van der Waals surface area contributed by atoms with E-state index in [0.717, 1.165) is 25.2 Å². The predicted octanol–water partition coefficient (Wildman–Crippen LogP) is 3.12. The van der Waals surface area contributed by atoms with E-state index in [2.05, 4.69) is 39.4 Å². The van der Waals surface area contributed by atoms with Gasteiger partial charge in [0.25, 0.3) is 0 Å². The molecule has 2 aromatic rings. The van der Waals surface area contributed by atoms with E-state index in [9.17, 15) is 0 Å². The van der Waals surface area contributed by atoms with E-state index in [1.807, 2.05) is 12.4 Å². The van der Waals surface area contributed by atoms with E-state index in [1.165, 1.54) is 37.7 Å². The van der Waals surface area contributed by atoms with Gasteiger partial charge < -0.3 is 5.32 Å². The topological polar surface area (TPSA) is 42.7 Å². The van der Waals surface area contributed by atoms with Gasteiger partial charge in [0.2, 0.25) is 0 Å². The molecule has 0 amide bonds. The quantitative estimate of drug-likeness (QED) is 0.829. The van der Waals surface area contributed by atoms with Gasteiger partial charge in [-0.25, -0.2) is 0 Å². The van der Waals surface area contributed by atoms with Gasteiger partial charge in [-0.3, -0.25) is 9.67 Å². The Hall–Kier alpha value is -1.68. The molecule has 0 radical (unpaired) electrons. The summed E-state index contributed by atoms with van der Waals surface area (Å²) in [5.41, 5.74) is 2.47. The first-order chi connectivity index (χ1) is 10.4. The van der Waals surface area contributed by atoms with Gasteiger partial charge in [0.15, 0.2) is 0 Å². The lowest BCUT2D eigenvalue weighted by atomic mass is 9.96. The predicted molar refractivity (Wildman–Crippen MR) is 84.0 cm³/mol. The van der Waals surface area contributed by atoms with Gasteiger partial charge in [-0.1, -0.05) is 19.3 Å². The van der Waals surface area contributed by atoms with Gasteiger partial charge >= 0.3 is 0 Å². The molecule has 1 fully saturated rings. The van der Waals surface area contributed by atoms with Crippen molar-refractivity contribution in [2.24, 2.45) is 0 Å². The second kappa shape index (κ2) is 7.36. The molecular weight excluding hydrogens is 260 g/mol. The van der Waals surface area contributed by atoms with Crippen molar-refractivity contribution in [3.05, 3.63) is 48.0 Å². The molecule has 0 aliphatic heterocycles. The first kappa shape index (κ1) is 14.3. The van der Waals surface area contributed by atoms with Gasteiger partial charge in [-0.2, -0.15) is 5.10 Å². The number of pyridine rings is 1. The van der Waals surface area contributed by atoms with Gasteiger partial charge in [-0.15, -0.1) is 0 Å². The number of hydrogen-bond donors (Lipinski definition) is 1. The molecular formula is C17H24N4. The van der Waals surface area contributed by atoms with Crippen molar-refractivity contribution < 1.29 is 0 Å². The van der Waals surface area contributed by atoms with Crippen LogP contribution < -0.4 is 5.32 Å². The normalized spacial score (nSPS) is 16.2. The van der Waals surface area contributed by atoms with Crippen LogP contribution in [0.3, 0.4) is 0 Å². The number of nitrogens with one attached hydrogen (secondary N) is 1. The molecule has 1 N–H and O–H groups in total. The lowest BCUT2D eigenvalue weighted by molar-refractivity contribution is 0.327. The molecule has 1 saturated carbocycles. The van der Waals surface area contributed by atoms with Crippen LogP contribution in [0.15, 0.2) is 36.8 Å². The van der Waals surface area contributed by atoms with Crippen molar-refractivity contribution in [2.45, 2.75) is 51.1 Å². The fraction of sp³-hybridized carbons (Fsp3) is 0.529. The van der Waals surface area contributed by atoms with E-state index in [4.69, 9.17) is 5.10 Å². The van der Waals surface area contributed by atoms with Crippen LogP contribution in [0.25, 0.3) is 0 Å². The molecule has 4 nitrogen and oxygen atoms in total. The standard InChI is InChI=1S/C17H24N4/c1-2-4-17(5-3-1)21-13-9-16(20-21)14-19-12-8-15-6-10-18-11-7-15/h6-7,9-11,13,17,19H,1-5,8,12,14H2. The lowest BCUT2D eigenvalue weighted by Gasteiger charge is -2.21. The van der Waals surface area contributed by atoms with E-state index in [-0.39, 0.29) is 0 Å². The third kappa shape index (κ3) is 4.14. The minimum absolute atomic E-state index is 0.629. The van der Waals surface area contributed by atoms with E-state index in [1.54, 1.807) is 0 Å². The Morgan fingerprint density at radius 3 is 2.71 bits per heavy atom. The molecule has 1 aliphatic rings. The van der Waals surface area contributed by atoms with Crippen molar-refractivity contribution in [2.75, 3.05) is 6.54 Å². The summed E-state index contributed by atoms with van der Waals surface area (Å²) < 4.78 is 2.18. The van der Waals surface area contributed by atoms with Crippen molar-refractivity contribution >= 4 is 0 Å². The molecule has 2 aromatic heterocycles. The van der Waals surface area contributed by atoms with Crippen LogP contribution >= 0.6 is 0 Å². The van der Waals surface area contributed by atoms with Gasteiger partial charge in [0.1, 0.15) is 0 Å². The molecule has 112 valence electrons. The van der Waals surface area contributed by atoms with Crippen LogP contribution in [0.1, 0.15) is 49.4 Å². The summed E-state index contributed by atoms with van der Waals surface area (Å²) >= 11 is 0. The smallest absolute Gasteiger partial charge is 0.0762 e. The average Bonchev–Trinajstić information content (AvgIpc) is 3.02. The van der Waals surface area contributed by atoms with Crippen LogP contribution in [0, 0.1) is 0 Å². The van der Waals surface area contributed by atoms with E-state index in [0.29, 0.717) is 6.04 Å². The Labute approximate surface area is 126 Å². The second-order valence-electron chi connectivity index (χ2n) is 5.86. The monoisotopic (exact) mass is 284 g/mol. The molecule has 0 unspecified atom stereocenters. The molecule has 0 spiro atoms. The molecule has 0 bridgehead atoms. The van der Waals surface area contributed by atoms with Crippen molar-refractivity contribution in [1.29, 1.82) is 0 Å². The third-order valence-corrected chi connectivity index (χ3v) is 4.26. The SMILES string of the molecule is c1cc(CCNCc2ccn(C3CCCCC3)n2)ccn1.